The van der Waals surface area contributed by atoms with E-state index in [0.29, 0.717) is 30.3 Å². The highest BCUT2D eigenvalue weighted by Crippen LogP contribution is 2.46. The number of aromatic nitrogens is 2. The molecule has 0 amide bonds. The lowest BCUT2D eigenvalue weighted by Crippen LogP contribution is -2.32. The molecule has 0 bridgehead atoms. The van der Waals surface area contributed by atoms with Gasteiger partial charge in [-0.2, -0.15) is 4.39 Å². The molecule has 2 aliphatic carbocycles. The first-order chi connectivity index (χ1) is 17.0. The largest absolute Gasteiger partial charge is 0.353 e. The minimum Gasteiger partial charge on any atom is -0.353 e. The van der Waals surface area contributed by atoms with Crippen molar-refractivity contribution >= 4 is 11.5 Å². The third-order valence-electron chi connectivity index (χ3n) is 7.94. The van der Waals surface area contributed by atoms with E-state index in [0.717, 1.165) is 32.1 Å². The minimum absolute atomic E-state index is 0.0364. The lowest BCUT2D eigenvalue weighted by molar-refractivity contribution is 0.340. The van der Waals surface area contributed by atoms with E-state index in [1.165, 1.54) is 35.1 Å². The van der Waals surface area contributed by atoms with Gasteiger partial charge < -0.3 is 4.90 Å². The zero-order chi connectivity index (χ0) is 24.2. The molecule has 0 N–H and O–H groups in total. The van der Waals surface area contributed by atoms with Crippen LogP contribution in [-0.2, 0) is 0 Å². The molecule has 0 atom stereocenters. The van der Waals surface area contributed by atoms with Crippen LogP contribution in [0, 0.1) is 23.6 Å². The van der Waals surface area contributed by atoms with Crippen molar-refractivity contribution in [3.8, 4) is 17.1 Å². The Kier molecular flexibility index (Phi) is 5.21. The molecule has 1 spiro atoms. The molecule has 3 aromatic rings. The number of hydrogen-bond donors (Lipinski definition) is 0. The van der Waals surface area contributed by atoms with Gasteiger partial charge in [0.2, 0.25) is 11.5 Å². The molecule has 3 aliphatic rings. The van der Waals surface area contributed by atoms with Crippen LogP contribution in [0.1, 0.15) is 56.4 Å². The predicted molar refractivity (Wildman–Crippen MR) is 131 cm³/mol. The van der Waals surface area contributed by atoms with Gasteiger partial charge in [0.05, 0.1) is 12.3 Å². The van der Waals surface area contributed by atoms with E-state index in [9.17, 15) is 9.18 Å². The summed E-state index contributed by atoms with van der Waals surface area (Å²) in [6.07, 6.45) is 7.86. The van der Waals surface area contributed by atoms with Gasteiger partial charge in [-0.25, -0.2) is 14.2 Å². The molecule has 3 fully saturated rings. The highest BCUT2D eigenvalue weighted by atomic mass is 19.1. The van der Waals surface area contributed by atoms with Crippen molar-refractivity contribution in [1.82, 2.24) is 9.55 Å². The first-order valence-corrected chi connectivity index (χ1v) is 12.3. The van der Waals surface area contributed by atoms with Crippen molar-refractivity contribution in [1.29, 1.82) is 0 Å². The van der Waals surface area contributed by atoms with Gasteiger partial charge in [0.15, 0.2) is 5.82 Å². The fraction of sp³-hybridized carbons (Fsp3) is 0.393. The Morgan fingerprint density at radius 2 is 1.77 bits per heavy atom. The van der Waals surface area contributed by atoms with Gasteiger partial charge in [0, 0.05) is 18.7 Å². The van der Waals surface area contributed by atoms with E-state index in [1.54, 1.807) is 18.2 Å². The Bertz CT molecular complexity index is 1400. The highest BCUT2D eigenvalue weighted by Gasteiger charge is 2.41. The second-order valence-electron chi connectivity index (χ2n) is 10.2. The van der Waals surface area contributed by atoms with Crippen LogP contribution in [0.3, 0.4) is 0 Å². The van der Waals surface area contributed by atoms with Crippen LogP contribution in [0.25, 0.3) is 21.9 Å². The SMILES string of the molecule is [C-]#[N+]c1ccc(-c2nc(N3CCC4(CCCC4)C3)c(F)c(=O)n2-c2ccc(C3CC3)cc2)cc1F. The Hall–Kier alpha value is -3.53. The molecule has 1 aliphatic heterocycles. The third kappa shape index (κ3) is 3.81. The number of halogens is 2. The molecule has 2 aromatic carbocycles. The number of benzene rings is 2. The van der Waals surface area contributed by atoms with Crippen LogP contribution in [0.4, 0.5) is 20.3 Å². The molecule has 7 heteroatoms. The average molecular weight is 473 g/mol. The number of rotatable bonds is 4. The maximum absolute atomic E-state index is 15.6. The van der Waals surface area contributed by atoms with E-state index < -0.39 is 17.2 Å². The summed E-state index contributed by atoms with van der Waals surface area (Å²) in [6.45, 7) is 8.47. The molecule has 2 heterocycles. The zero-order valence-corrected chi connectivity index (χ0v) is 19.4. The second-order valence-corrected chi connectivity index (χ2v) is 10.2. The molecule has 0 radical (unpaired) electrons. The van der Waals surface area contributed by atoms with Crippen molar-refractivity contribution in [2.24, 2.45) is 5.41 Å². The maximum Gasteiger partial charge on any atom is 0.296 e. The van der Waals surface area contributed by atoms with Crippen LogP contribution < -0.4 is 10.5 Å². The topological polar surface area (TPSA) is 42.5 Å². The summed E-state index contributed by atoms with van der Waals surface area (Å²) >= 11 is 0. The van der Waals surface area contributed by atoms with E-state index in [1.807, 2.05) is 17.0 Å². The molecule has 178 valence electrons. The molecular weight excluding hydrogens is 446 g/mol. The van der Waals surface area contributed by atoms with Crippen LogP contribution >= 0.6 is 0 Å². The Balaban J connectivity index is 1.50. The van der Waals surface area contributed by atoms with Crippen LogP contribution in [0.5, 0.6) is 0 Å². The molecular formula is C28H26F2N4O. The van der Waals surface area contributed by atoms with Crippen molar-refractivity contribution in [3.63, 3.8) is 0 Å². The lowest BCUT2D eigenvalue weighted by Gasteiger charge is -2.25. The fourth-order valence-corrected chi connectivity index (χ4v) is 5.83. The predicted octanol–water partition coefficient (Wildman–Crippen LogP) is 6.38. The summed E-state index contributed by atoms with van der Waals surface area (Å²) in [5.74, 6) is -0.818. The third-order valence-corrected chi connectivity index (χ3v) is 7.94. The Morgan fingerprint density at radius 1 is 1.03 bits per heavy atom. The normalized spacial score (nSPS) is 18.8. The van der Waals surface area contributed by atoms with E-state index >= 15 is 4.39 Å². The van der Waals surface area contributed by atoms with Gasteiger partial charge in [0.1, 0.15) is 11.6 Å². The Labute approximate surface area is 202 Å². The number of anilines is 1. The van der Waals surface area contributed by atoms with Crippen molar-refractivity contribution < 1.29 is 8.78 Å². The van der Waals surface area contributed by atoms with Crippen molar-refractivity contribution in [2.45, 2.75) is 50.9 Å². The zero-order valence-electron chi connectivity index (χ0n) is 19.4. The van der Waals surface area contributed by atoms with E-state index in [2.05, 4.69) is 9.83 Å². The number of hydrogen-bond acceptors (Lipinski definition) is 3. The summed E-state index contributed by atoms with van der Waals surface area (Å²) in [5.41, 5.74) is 1.27. The summed E-state index contributed by atoms with van der Waals surface area (Å²) < 4.78 is 31.4. The molecule has 1 saturated heterocycles. The van der Waals surface area contributed by atoms with Gasteiger partial charge in [-0.1, -0.05) is 37.1 Å². The lowest BCUT2D eigenvalue weighted by atomic mass is 9.86. The van der Waals surface area contributed by atoms with Crippen LogP contribution in [0.2, 0.25) is 0 Å². The average Bonchev–Trinajstić information content (AvgIpc) is 3.49. The Morgan fingerprint density at radius 3 is 2.43 bits per heavy atom. The molecule has 5 nitrogen and oxygen atoms in total. The van der Waals surface area contributed by atoms with Gasteiger partial charge >= 0.3 is 0 Å². The van der Waals surface area contributed by atoms with Crippen molar-refractivity contribution in [2.75, 3.05) is 18.0 Å². The monoisotopic (exact) mass is 472 g/mol. The van der Waals surface area contributed by atoms with E-state index in [-0.39, 0.29) is 22.7 Å². The first kappa shape index (κ1) is 22.0. The molecule has 2 saturated carbocycles. The van der Waals surface area contributed by atoms with Gasteiger partial charge in [-0.3, -0.25) is 9.36 Å². The molecule has 6 rings (SSSR count). The molecule has 1 aromatic heterocycles. The van der Waals surface area contributed by atoms with E-state index in [4.69, 9.17) is 6.57 Å². The first-order valence-electron chi connectivity index (χ1n) is 12.3. The summed E-state index contributed by atoms with van der Waals surface area (Å²) in [6, 6.07) is 11.7. The molecule has 0 unspecified atom stereocenters. The quantitative estimate of drug-likeness (QED) is 0.414. The second kappa shape index (κ2) is 8.30. The van der Waals surface area contributed by atoms with Crippen LogP contribution in [-0.4, -0.2) is 22.6 Å². The summed E-state index contributed by atoms with van der Waals surface area (Å²) in [7, 11) is 0. The summed E-state index contributed by atoms with van der Waals surface area (Å²) in [5, 5.41) is 0. The van der Waals surface area contributed by atoms with Gasteiger partial charge in [0.25, 0.3) is 5.56 Å². The summed E-state index contributed by atoms with van der Waals surface area (Å²) in [4.78, 5) is 23.2. The van der Waals surface area contributed by atoms with Gasteiger partial charge in [-0.15, -0.1) is 0 Å². The fourth-order valence-electron chi connectivity index (χ4n) is 5.83. The standard InChI is InChI=1S/C28H26F2N4O/c1-31-23-11-8-20(16-22(23)29)25-32-26(33-15-14-28(17-33)12-2-3-13-28)24(30)27(35)34(25)21-9-6-19(7-10-21)18-4-5-18/h6-11,16,18H,2-5,12-15,17H2. The van der Waals surface area contributed by atoms with Crippen molar-refractivity contribution in [3.05, 3.63) is 81.4 Å². The maximum atomic E-state index is 15.6. The van der Waals surface area contributed by atoms with Crippen LogP contribution in [0.15, 0.2) is 47.3 Å². The highest BCUT2D eigenvalue weighted by molar-refractivity contribution is 5.65. The smallest absolute Gasteiger partial charge is 0.296 e. The molecule has 35 heavy (non-hydrogen) atoms. The minimum atomic E-state index is -0.881. The number of nitrogens with zero attached hydrogens (tertiary/aromatic N) is 4. The van der Waals surface area contributed by atoms with Gasteiger partial charge in [-0.05, 0) is 67.2 Å².